The van der Waals surface area contributed by atoms with Crippen molar-refractivity contribution in [2.45, 2.75) is 105 Å². The normalized spacial score (nSPS) is 23.4. The summed E-state index contributed by atoms with van der Waals surface area (Å²) in [6.45, 7) is 18.4. The molecule has 0 aliphatic heterocycles. The molecule has 2 saturated carbocycles. The smallest absolute Gasteiger partial charge is 0.149 e. The fourth-order valence-electron chi connectivity index (χ4n) is 4.50. The summed E-state index contributed by atoms with van der Waals surface area (Å²) in [5.41, 5.74) is 18.0. The molecule has 0 aromatic heterocycles. The molecule has 0 heterocycles. The van der Waals surface area contributed by atoms with Gasteiger partial charge in [-0.3, -0.25) is 9.59 Å². The highest BCUT2D eigenvalue weighted by molar-refractivity contribution is 5.82. The molecule has 0 saturated heterocycles. The molecule has 4 atom stereocenters. The summed E-state index contributed by atoms with van der Waals surface area (Å²) in [6.07, 6.45) is 9.22. The van der Waals surface area contributed by atoms with E-state index < -0.39 is 0 Å². The van der Waals surface area contributed by atoms with Gasteiger partial charge in [-0.2, -0.15) is 0 Å². The second kappa shape index (κ2) is 17.9. The number of ketones is 2. The standard InChI is InChI=1S/C15H27NO.C9H18N2O.C2H6.CH2O/c1-11(2)13(4)14(17)6-5-7-15(8-9-15)10-12(3)16;1-6-2-7(9(12)5-10)4-8(11)3-6;2*1-2/h11,13H,3,5-10,16H2,1-2,4H3;6-8H,2-5,10-11H2,1H3;1-2H3;1H2. The molecular weight excluding hydrogens is 414 g/mol. The first-order valence-electron chi connectivity index (χ1n) is 12.7. The maximum absolute atomic E-state index is 11.9. The molecule has 0 aromatic carbocycles. The number of carbonyl (C=O) groups is 3. The molecule has 6 heteroatoms. The van der Waals surface area contributed by atoms with Crippen molar-refractivity contribution in [1.29, 1.82) is 0 Å². The number of nitrogens with two attached hydrogens (primary N) is 3. The van der Waals surface area contributed by atoms with E-state index in [1.54, 1.807) is 0 Å². The zero-order valence-corrected chi connectivity index (χ0v) is 22.3. The van der Waals surface area contributed by atoms with Crippen LogP contribution in [0.4, 0.5) is 0 Å². The summed E-state index contributed by atoms with van der Waals surface area (Å²) in [6, 6.07) is 0.203. The molecule has 2 aliphatic rings. The molecule has 0 bridgehead atoms. The Bertz CT molecular complexity index is 563. The summed E-state index contributed by atoms with van der Waals surface area (Å²) >= 11 is 0. The third kappa shape index (κ3) is 14.4. The lowest BCUT2D eigenvalue weighted by atomic mass is 9.78. The van der Waals surface area contributed by atoms with Crippen molar-refractivity contribution in [3.05, 3.63) is 12.3 Å². The summed E-state index contributed by atoms with van der Waals surface area (Å²) in [5, 5.41) is 0. The highest BCUT2D eigenvalue weighted by Gasteiger charge is 2.41. The van der Waals surface area contributed by atoms with Crippen LogP contribution in [0.5, 0.6) is 0 Å². The molecule has 0 aromatic rings. The van der Waals surface area contributed by atoms with E-state index in [1.807, 2.05) is 27.6 Å². The van der Waals surface area contributed by atoms with E-state index in [0.29, 0.717) is 23.0 Å². The van der Waals surface area contributed by atoms with E-state index in [-0.39, 0.29) is 30.2 Å². The minimum atomic E-state index is 0.133. The summed E-state index contributed by atoms with van der Waals surface area (Å²) in [4.78, 5) is 31.1. The molecule has 0 amide bonds. The highest BCUT2D eigenvalue weighted by Crippen LogP contribution is 2.53. The van der Waals surface area contributed by atoms with Crippen LogP contribution < -0.4 is 17.2 Å². The minimum absolute atomic E-state index is 0.133. The van der Waals surface area contributed by atoms with Crippen LogP contribution >= 0.6 is 0 Å². The molecule has 6 N–H and O–H groups in total. The van der Waals surface area contributed by atoms with Crippen LogP contribution in [0.25, 0.3) is 0 Å². The van der Waals surface area contributed by atoms with E-state index in [0.717, 1.165) is 50.6 Å². The quantitative estimate of drug-likeness (QED) is 0.424. The van der Waals surface area contributed by atoms with E-state index in [2.05, 4.69) is 27.4 Å². The SMILES string of the molecule is C=C(N)CC1(CCCC(=O)C(C)C(C)C)CC1.C=O.CC.CC1CC(N)CC(C(=O)CN)C1. The third-order valence-corrected chi connectivity index (χ3v) is 6.83. The lowest BCUT2D eigenvalue weighted by Gasteiger charge is -2.29. The molecule has 0 spiro atoms. The third-order valence-electron chi connectivity index (χ3n) is 6.83. The van der Waals surface area contributed by atoms with Gasteiger partial charge in [-0.05, 0) is 68.6 Å². The van der Waals surface area contributed by atoms with Crippen molar-refractivity contribution in [1.82, 2.24) is 0 Å². The molecule has 33 heavy (non-hydrogen) atoms. The van der Waals surface area contributed by atoms with Crippen molar-refractivity contribution in [3.8, 4) is 0 Å². The first-order valence-corrected chi connectivity index (χ1v) is 12.7. The van der Waals surface area contributed by atoms with Gasteiger partial charge in [-0.25, -0.2) is 0 Å². The Kier molecular flexibility index (Phi) is 18.2. The first-order chi connectivity index (χ1) is 15.5. The Morgan fingerprint density at radius 2 is 1.61 bits per heavy atom. The molecule has 4 unspecified atom stereocenters. The number of rotatable bonds is 10. The fraction of sp³-hybridized carbons (Fsp3) is 0.815. The second-order valence-corrected chi connectivity index (χ2v) is 10.1. The topological polar surface area (TPSA) is 129 Å². The number of carbonyl (C=O) groups excluding carboxylic acids is 3. The monoisotopic (exact) mass is 467 g/mol. The first kappa shape index (κ1) is 33.6. The average molecular weight is 468 g/mol. The van der Waals surface area contributed by atoms with Gasteiger partial charge in [-0.1, -0.05) is 48.1 Å². The maximum Gasteiger partial charge on any atom is 0.149 e. The van der Waals surface area contributed by atoms with E-state index >= 15 is 0 Å². The second-order valence-electron chi connectivity index (χ2n) is 10.1. The summed E-state index contributed by atoms with van der Waals surface area (Å²) < 4.78 is 0. The zero-order chi connectivity index (χ0) is 26.2. The Morgan fingerprint density at radius 1 is 1.06 bits per heavy atom. The van der Waals surface area contributed by atoms with Crippen LogP contribution in [0.15, 0.2) is 12.3 Å². The van der Waals surface area contributed by atoms with Crippen LogP contribution in [0.3, 0.4) is 0 Å². The molecule has 2 rings (SSSR count). The maximum atomic E-state index is 11.9. The van der Waals surface area contributed by atoms with E-state index in [4.69, 9.17) is 22.0 Å². The summed E-state index contributed by atoms with van der Waals surface area (Å²) in [7, 11) is 0. The van der Waals surface area contributed by atoms with Gasteiger partial charge < -0.3 is 22.0 Å². The predicted molar refractivity (Wildman–Crippen MR) is 139 cm³/mol. The van der Waals surface area contributed by atoms with Crippen LogP contribution in [0, 0.1) is 29.1 Å². The van der Waals surface area contributed by atoms with Crippen LogP contribution in [0.2, 0.25) is 0 Å². The van der Waals surface area contributed by atoms with Crippen molar-refractivity contribution < 1.29 is 14.4 Å². The van der Waals surface area contributed by atoms with Gasteiger partial charge in [0.2, 0.25) is 0 Å². The zero-order valence-electron chi connectivity index (χ0n) is 22.3. The number of Topliss-reactive ketones (excluding diaryl/α,β-unsaturated/α-hetero) is 2. The summed E-state index contributed by atoms with van der Waals surface area (Å²) in [5.74, 6) is 1.97. The van der Waals surface area contributed by atoms with Crippen molar-refractivity contribution in [2.75, 3.05) is 6.54 Å². The fourth-order valence-corrected chi connectivity index (χ4v) is 4.50. The Balaban J connectivity index is 0. The van der Waals surface area contributed by atoms with Gasteiger partial charge in [0.15, 0.2) is 0 Å². The molecule has 0 radical (unpaired) electrons. The van der Waals surface area contributed by atoms with Gasteiger partial charge in [-0.15, -0.1) is 0 Å². The van der Waals surface area contributed by atoms with Crippen LogP contribution in [-0.2, 0) is 14.4 Å². The molecule has 2 fully saturated rings. The van der Waals surface area contributed by atoms with Crippen molar-refractivity contribution in [2.24, 2.45) is 46.3 Å². The van der Waals surface area contributed by atoms with Crippen LogP contribution in [0.1, 0.15) is 99.3 Å². The predicted octanol–water partition coefficient (Wildman–Crippen LogP) is 4.78. The number of hydrogen-bond acceptors (Lipinski definition) is 6. The minimum Gasteiger partial charge on any atom is -0.402 e. The van der Waals surface area contributed by atoms with E-state index in [9.17, 15) is 9.59 Å². The molecular formula is C27H53N3O3. The average Bonchev–Trinajstić information content (AvgIpc) is 3.53. The Labute approximate surface area is 203 Å². The number of allylic oxidation sites excluding steroid dienone is 1. The lowest BCUT2D eigenvalue weighted by Crippen LogP contribution is -2.37. The van der Waals surface area contributed by atoms with Gasteiger partial charge in [0.25, 0.3) is 0 Å². The van der Waals surface area contributed by atoms with Gasteiger partial charge in [0, 0.05) is 30.0 Å². The Hall–Kier alpha value is -1.53. The van der Waals surface area contributed by atoms with Crippen molar-refractivity contribution in [3.63, 3.8) is 0 Å². The van der Waals surface area contributed by atoms with Gasteiger partial charge >= 0.3 is 0 Å². The van der Waals surface area contributed by atoms with Crippen LogP contribution in [-0.4, -0.2) is 30.9 Å². The lowest BCUT2D eigenvalue weighted by molar-refractivity contribution is -0.124. The molecule has 2 aliphatic carbocycles. The van der Waals surface area contributed by atoms with Gasteiger partial charge in [0.1, 0.15) is 18.4 Å². The molecule has 194 valence electrons. The van der Waals surface area contributed by atoms with Gasteiger partial charge in [0.05, 0.1) is 6.54 Å². The van der Waals surface area contributed by atoms with Crippen molar-refractivity contribution >= 4 is 18.4 Å². The van der Waals surface area contributed by atoms with E-state index in [1.165, 1.54) is 12.8 Å². The largest absolute Gasteiger partial charge is 0.402 e. The number of hydrogen-bond donors (Lipinski definition) is 3. The highest BCUT2D eigenvalue weighted by atomic mass is 16.1. The molecule has 6 nitrogen and oxygen atoms in total. The Morgan fingerprint density at radius 3 is 2.00 bits per heavy atom.